The number of hydrogen-bond donors (Lipinski definition) is 1. The molecule has 0 spiro atoms. The molecule has 3 heteroatoms. The lowest BCUT2D eigenvalue weighted by molar-refractivity contribution is -0.131. The number of nitrogens with zero attached hydrogens (tertiary/aromatic N) is 1. The Bertz CT molecular complexity index is 317. The molecule has 0 aromatic rings. The molecule has 0 radical (unpaired) electrons. The van der Waals surface area contributed by atoms with Crippen LogP contribution in [0.5, 0.6) is 0 Å². The van der Waals surface area contributed by atoms with Crippen molar-refractivity contribution in [2.45, 2.75) is 58.0 Å². The van der Waals surface area contributed by atoms with E-state index in [0.717, 1.165) is 30.8 Å². The summed E-state index contributed by atoms with van der Waals surface area (Å²) in [5.74, 6) is 2.99. The maximum Gasteiger partial charge on any atom is 0.241 e. The monoisotopic (exact) mass is 236 g/mol. The summed E-state index contributed by atoms with van der Waals surface area (Å²) >= 11 is 0. The van der Waals surface area contributed by atoms with Crippen LogP contribution in [-0.4, -0.2) is 29.6 Å². The van der Waals surface area contributed by atoms with Gasteiger partial charge >= 0.3 is 0 Å². The van der Waals surface area contributed by atoms with E-state index in [0.29, 0.717) is 11.9 Å². The number of amides is 1. The molecule has 3 nitrogen and oxygen atoms in total. The van der Waals surface area contributed by atoms with E-state index in [1.807, 2.05) is 0 Å². The molecular formula is C14H24N2O. The van der Waals surface area contributed by atoms with E-state index in [1.165, 1.54) is 25.7 Å². The third-order valence-corrected chi connectivity index (χ3v) is 5.40. The van der Waals surface area contributed by atoms with Crippen molar-refractivity contribution in [3.8, 4) is 0 Å². The Morgan fingerprint density at radius 3 is 2.76 bits per heavy atom. The average Bonchev–Trinajstić information content (AvgIpc) is 3.02. The molecule has 1 N–H and O–H groups in total. The zero-order chi connectivity index (χ0) is 12.0. The molecule has 0 aromatic heterocycles. The highest BCUT2D eigenvalue weighted by atomic mass is 16.2. The maximum absolute atomic E-state index is 12.2. The van der Waals surface area contributed by atoms with Crippen LogP contribution in [-0.2, 0) is 4.79 Å². The summed E-state index contributed by atoms with van der Waals surface area (Å²) in [6.07, 6.45) is 6.57. The van der Waals surface area contributed by atoms with E-state index < -0.39 is 0 Å². The smallest absolute Gasteiger partial charge is 0.241 e. The Balaban J connectivity index is 1.67. The van der Waals surface area contributed by atoms with E-state index in [1.54, 1.807) is 0 Å². The van der Waals surface area contributed by atoms with Gasteiger partial charge in [0.2, 0.25) is 5.91 Å². The largest absolute Gasteiger partial charge is 0.326 e. The summed E-state index contributed by atoms with van der Waals surface area (Å²) in [7, 11) is 0. The van der Waals surface area contributed by atoms with Crippen LogP contribution in [0.1, 0.15) is 46.0 Å². The number of carbonyl (C=O) groups excluding carboxylic acids is 1. The zero-order valence-corrected chi connectivity index (χ0v) is 11.0. The lowest BCUT2D eigenvalue weighted by atomic mass is 9.83. The topological polar surface area (TPSA) is 32.3 Å². The number of carbonyl (C=O) groups is 1. The molecular weight excluding hydrogens is 212 g/mol. The van der Waals surface area contributed by atoms with Gasteiger partial charge in [-0.1, -0.05) is 13.3 Å². The van der Waals surface area contributed by atoms with Crippen LogP contribution >= 0.6 is 0 Å². The van der Waals surface area contributed by atoms with Gasteiger partial charge < -0.3 is 4.90 Å². The average molecular weight is 236 g/mol. The van der Waals surface area contributed by atoms with Crippen LogP contribution < -0.4 is 5.32 Å². The van der Waals surface area contributed by atoms with Gasteiger partial charge in [-0.2, -0.15) is 0 Å². The second-order valence-corrected chi connectivity index (χ2v) is 6.21. The second-order valence-electron chi connectivity index (χ2n) is 6.21. The zero-order valence-electron chi connectivity index (χ0n) is 11.0. The van der Waals surface area contributed by atoms with E-state index in [2.05, 4.69) is 24.1 Å². The third kappa shape index (κ3) is 1.79. The van der Waals surface area contributed by atoms with Crippen molar-refractivity contribution < 1.29 is 4.79 Å². The fourth-order valence-electron chi connectivity index (χ4n) is 4.35. The first-order chi connectivity index (χ1) is 8.20. The van der Waals surface area contributed by atoms with Crippen LogP contribution in [0.2, 0.25) is 0 Å². The third-order valence-electron chi connectivity index (χ3n) is 5.40. The molecule has 3 rings (SSSR count). The highest BCUT2D eigenvalue weighted by molar-refractivity contribution is 5.84. The lowest BCUT2D eigenvalue weighted by Crippen LogP contribution is -2.42. The van der Waals surface area contributed by atoms with Gasteiger partial charge in [-0.05, 0) is 50.4 Å². The van der Waals surface area contributed by atoms with Gasteiger partial charge in [-0.25, -0.2) is 0 Å². The van der Waals surface area contributed by atoms with E-state index in [9.17, 15) is 4.79 Å². The summed E-state index contributed by atoms with van der Waals surface area (Å²) in [4.78, 5) is 14.3. The molecule has 17 heavy (non-hydrogen) atoms. The van der Waals surface area contributed by atoms with E-state index in [4.69, 9.17) is 0 Å². The molecule has 3 fully saturated rings. The molecule has 0 aromatic carbocycles. The van der Waals surface area contributed by atoms with Gasteiger partial charge in [0.15, 0.2) is 0 Å². The van der Waals surface area contributed by atoms with E-state index in [-0.39, 0.29) is 6.04 Å². The summed E-state index contributed by atoms with van der Waals surface area (Å²) in [5.41, 5.74) is 0. The quantitative estimate of drug-likeness (QED) is 0.812. The van der Waals surface area contributed by atoms with Gasteiger partial charge in [-0.3, -0.25) is 10.1 Å². The second kappa shape index (κ2) is 4.27. The van der Waals surface area contributed by atoms with E-state index >= 15 is 0 Å². The summed E-state index contributed by atoms with van der Waals surface area (Å²) in [6, 6.07) is 0.526. The predicted octanol–water partition coefficient (Wildman–Crippen LogP) is 1.98. The van der Waals surface area contributed by atoms with Crippen LogP contribution in [0, 0.1) is 17.8 Å². The maximum atomic E-state index is 12.2. The Hall–Kier alpha value is -0.570. The van der Waals surface area contributed by atoms with Crippen molar-refractivity contribution >= 4 is 5.91 Å². The van der Waals surface area contributed by atoms with Gasteiger partial charge in [0.1, 0.15) is 0 Å². The molecule has 96 valence electrons. The van der Waals surface area contributed by atoms with Crippen molar-refractivity contribution in [2.75, 3.05) is 6.67 Å². The van der Waals surface area contributed by atoms with Crippen molar-refractivity contribution in [1.29, 1.82) is 0 Å². The van der Waals surface area contributed by atoms with Gasteiger partial charge in [0.05, 0.1) is 12.7 Å². The Morgan fingerprint density at radius 2 is 2.24 bits per heavy atom. The minimum Gasteiger partial charge on any atom is -0.326 e. The molecule has 2 saturated carbocycles. The molecule has 5 atom stereocenters. The molecule has 1 saturated heterocycles. The fourth-order valence-corrected chi connectivity index (χ4v) is 4.35. The molecule has 1 aliphatic heterocycles. The highest BCUT2D eigenvalue weighted by Gasteiger charge is 2.45. The highest BCUT2D eigenvalue weighted by Crippen LogP contribution is 2.50. The Labute approximate surface area is 104 Å². The molecule has 2 bridgehead atoms. The molecule has 1 heterocycles. The summed E-state index contributed by atoms with van der Waals surface area (Å²) in [6.45, 7) is 5.12. The van der Waals surface area contributed by atoms with Crippen LogP contribution in [0.15, 0.2) is 0 Å². The Morgan fingerprint density at radius 1 is 1.41 bits per heavy atom. The first-order valence-electron chi connectivity index (χ1n) is 7.24. The fraction of sp³-hybridized carbons (Fsp3) is 0.929. The van der Waals surface area contributed by atoms with Crippen molar-refractivity contribution in [3.63, 3.8) is 0 Å². The molecule has 2 aliphatic carbocycles. The molecule has 5 unspecified atom stereocenters. The summed E-state index contributed by atoms with van der Waals surface area (Å²) < 4.78 is 0. The van der Waals surface area contributed by atoms with Crippen LogP contribution in [0.25, 0.3) is 0 Å². The minimum atomic E-state index is 0.0797. The number of nitrogens with one attached hydrogen (secondary N) is 1. The van der Waals surface area contributed by atoms with Crippen LogP contribution in [0.3, 0.4) is 0 Å². The summed E-state index contributed by atoms with van der Waals surface area (Å²) in [5, 5.41) is 3.33. The molecule has 1 amide bonds. The van der Waals surface area contributed by atoms with Gasteiger partial charge in [0, 0.05) is 6.04 Å². The van der Waals surface area contributed by atoms with Crippen molar-refractivity contribution in [2.24, 2.45) is 17.8 Å². The standard InChI is InChI=1S/C14H24N2O/c1-3-13-14(17)16(8-15-13)9(2)12-7-10-4-5-11(12)6-10/h9-13,15H,3-8H2,1-2H3. The van der Waals surface area contributed by atoms with Gasteiger partial charge in [-0.15, -0.1) is 0 Å². The lowest BCUT2D eigenvalue weighted by Gasteiger charge is -2.34. The van der Waals surface area contributed by atoms with Crippen molar-refractivity contribution in [1.82, 2.24) is 10.2 Å². The number of fused-ring (bicyclic) bond motifs is 2. The first-order valence-corrected chi connectivity index (χ1v) is 7.24. The normalized spacial score (nSPS) is 42.5. The molecule has 3 aliphatic rings. The van der Waals surface area contributed by atoms with Gasteiger partial charge in [0.25, 0.3) is 0 Å². The van der Waals surface area contributed by atoms with Crippen molar-refractivity contribution in [3.05, 3.63) is 0 Å². The minimum absolute atomic E-state index is 0.0797. The SMILES string of the molecule is CCC1NCN(C(C)C2CC3CCC2C3)C1=O. The number of hydrogen-bond acceptors (Lipinski definition) is 2. The predicted molar refractivity (Wildman–Crippen MR) is 67.3 cm³/mol. The Kier molecular flexibility index (Phi) is 2.89. The van der Waals surface area contributed by atoms with Crippen LogP contribution in [0.4, 0.5) is 0 Å². The first kappa shape index (κ1) is 11.5. The number of rotatable bonds is 3.